The van der Waals surface area contributed by atoms with Crippen molar-refractivity contribution in [1.29, 1.82) is 0 Å². The fourth-order valence-corrected chi connectivity index (χ4v) is 3.92. The lowest BCUT2D eigenvalue weighted by molar-refractivity contribution is 0.0942. The lowest BCUT2D eigenvalue weighted by atomic mass is 9.94. The molecule has 0 aliphatic rings. The highest BCUT2D eigenvalue weighted by Gasteiger charge is 2.20. The first-order valence-electron chi connectivity index (χ1n) is 10.3. The Labute approximate surface area is 180 Å². The van der Waals surface area contributed by atoms with Crippen molar-refractivity contribution in [2.24, 2.45) is 0 Å². The van der Waals surface area contributed by atoms with Crippen LogP contribution in [0.4, 0.5) is 0 Å². The van der Waals surface area contributed by atoms with E-state index in [2.05, 4.69) is 12.1 Å². The van der Waals surface area contributed by atoms with Crippen molar-refractivity contribution in [3.8, 4) is 22.4 Å². The van der Waals surface area contributed by atoms with Gasteiger partial charge in [-0.15, -0.1) is 4.73 Å². The predicted molar refractivity (Wildman–Crippen MR) is 126 cm³/mol. The Morgan fingerprint density at radius 3 is 1.74 bits per heavy atom. The van der Waals surface area contributed by atoms with E-state index < -0.39 is 0 Å². The molecule has 4 aromatic carbocycles. The molecule has 3 nitrogen and oxygen atoms in total. The molecule has 0 fully saturated rings. The molecule has 0 radical (unpaired) electrons. The Morgan fingerprint density at radius 2 is 1.10 bits per heavy atom. The first-order valence-corrected chi connectivity index (χ1v) is 10.3. The second-order valence-electron chi connectivity index (χ2n) is 7.36. The Balaban J connectivity index is 1.82. The summed E-state index contributed by atoms with van der Waals surface area (Å²) in [5.74, 6) is 0. The zero-order valence-electron chi connectivity index (χ0n) is 16.9. The van der Waals surface area contributed by atoms with Gasteiger partial charge in [-0.1, -0.05) is 109 Å². The van der Waals surface area contributed by atoms with Crippen LogP contribution >= 0.6 is 0 Å². The van der Waals surface area contributed by atoms with Gasteiger partial charge in [-0.05, 0) is 22.6 Å². The third kappa shape index (κ3) is 3.62. The molecule has 31 heavy (non-hydrogen) atoms. The zero-order valence-corrected chi connectivity index (χ0v) is 16.9. The summed E-state index contributed by atoms with van der Waals surface area (Å²) >= 11 is 0. The normalized spacial score (nSPS) is 10.8. The number of rotatable bonds is 5. The molecule has 1 heterocycles. The molecular weight excluding hydrogens is 382 g/mol. The highest BCUT2D eigenvalue weighted by molar-refractivity contribution is 6.02. The van der Waals surface area contributed by atoms with E-state index in [0.29, 0.717) is 12.0 Å². The summed E-state index contributed by atoms with van der Waals surface area (Å²) in [7, 11) is 0. The van der Waals surface area contributed by atoms with Gasteiger partial charge < -0.3 is 4.84 Å². The van der Waals surface area contributed by atoms with Crippen LogP contribution in [0.3, 0.4) is 0 Å². The van der Waals surface area contributed by atoms with Crippen molar-refractivity contribution in [2.75, 3.05) is 0 Å². The third-order valence-electron chi connectivity index (χ3n) is 5.36. The monoisotopic (exact) mass is 403 g/mol. The quantitative estimate of drug-likeness (QED) is 0.362. The summed E-state index contributed by atoms with van der Waals surface area (Å²) < 4.78 is 1.47. The van der Waals surface area contributed by atoms with Gasteiger partial charge in [-0.2, -0.15) is 0 Å². The minimum atomic E-state index is -0.162. The van der Waals surface area contributed by atoms with E-state index in [1.54, 1.807) is 0 Å². The number of aromatic nitrogens is 1. The minimum absolute atomic E-state index is 0.162. The molecule has 0 unspecified atom stereocenters. The van der Waals surface area contributed by atoms with E-state index in [4.69, 9.17) is 4.84 Å². The Morgan fingerprint density at radius 1 is 0.581 bits per heavy atom. The van der Waals surface area contributed by atoms with Gasteiger partial charge in [0, 0.05) is 11.1 Å². The van der Waals surface area contributed by atoms with Crippen molar-refractivity contribution in [3.63, 3.8) is 0 Å². The van der Waals surface area contributed by atoms with E-state index in [1.165, 1.54) is 4.73 Å². The van der Waals surface area contributed by atoms with Crippen LogP contribution in [0.25, 0.3) is 33.2 Å². The molecule has 0 aliphatic carbocycles. The zero-order chi connectivity index (χ0) is 21.0. The minimum Gasteiger partial charge on any atom is -0.405 e. The Hall–Kier alpha value is -4.11. The van der Waals surface area contributed by atoms with E-state index in [0.717, 1.165) is 33.3 Å². The second kappa shape index (κ2) is 8.33. The van der Waals surface area contributed by atoms with E-state index in [-0.39, 0.29) is 5.56 Å². The molecule has 0 saturated heterocycles. The number of nitrogens with zero attached hydrogens (tertiary/aromatic N) is 1. The predicted octanol–water partition coefficient (Wildman–Crippen LogP) is 5.96. The molecule has 0 atom stereocenters. The molecule has 150 valence electrons. The van der Waals surface area contributed by atoms with Crippen molar-refractivity contribution in [3.05, 3.63) is 131 Å². The van der Waals surface area contributed by atoms with E-state index in [9.17, 15) is 4.79 Å². The highest BCUT2D eigenvalue weighted by Crippen LogP contribution is 2.36. The maximum atomic E-state index is 13.6. The molecule has 0 amide bonds. The van der Waals surface area contributed by atoms with Gasteiger partial charge in [0.25, 0.3) is 5.56 Å². The first-order chi connectivity index (χ1) is 15.3. The van der Waals surface area contributed by atoms with Crippen molar-refractivity contribution in [2.45, 2.75) is 6.61 Å². The Kier molecular flexibility index (Phi) is 5.07. The van der Waals surface area contributed by atoms with Gasteiger partial charge in [0.1, 0.15) is 6.61 Å². The van der Waals surface area contributed by atoms with E-state index >= 15 is 0 Å². The fraction of sp³-hybridized carbons (Fsp3) is 0.0357. The number of benzene rings is 4. The maximum absolute atomic E-state index is 13.6. The molecule has 5 aromatic rings. The van der Waals surface area contributed by atoms with Gasteiger partial charge in [-0.3, -0.25) is 4.79 Å². The van der Waals surface area contributed by atoms with Crippen LogP contribution < -0.4 is 10.4 Å². The standard InChI is InChI=1S/C28H21NO2/c30-28-25-19-11-10-18-24(25)26(22-14-6-2-7-15-22)27(23-16-8-3-9-17-23)29(28)31-20-21-12-4-1-5-13-21/h1-19H,20H2. The molecule has 0 spiro atoms. The maximum Gasteiger partial charge on any atom is 0.291 e. The number of pyridine rings is 1. The summed E-state index contributed by atoms with van der Waals surface area (Å²) in [5.41, 5.74) is 4.54. The van der Waals surface area contributed by atoms with Crippen molar-refractivity contribution >= 4 is 10.8 Å². The molecule has 1 aromatic heterocycles. The van der Waals surface area contributed by atoms with Crippen LogP contribution in [0.2, 0.25) is 0 Å². The van der Waals surface area contributed by atoms with Gasteiger partial charge in [-0.25, -0.2) is 0 Å². The molecule has 0 N–H and O–H groups in total. The SMILES string of the molecule is O=c1c2ccccc2c(-c2ccccc2)c(-c2ccccc2)n1OCc1ccccc1. The molecular formula is C28H21NO2. The van der Waals surface area contributed by atoms with Gasteiger partial charge in [0.05, 0.1) is 11.1 Å². The first kappa shape index (κ1) is 18.9. The summed E-state index contributed by atoms with van der Waals surface area (Å²) in [6.45, 7) is 0.299. The summed E-state index contributed by atoms with van der Waals surface area (Å²) in [6.07, 6.45) is 0. The summed E-state index contributed by atoms with van der Waals surface area (Å²) in [6, 6.07) is 37.7. The van der Waals surface area contributed by atoms with Crippen LogP contribution in [0, 0.1) is 0 Å². The van der Waals surface area contributed by atoms with Crippen molar-refractivity contribution < 1.29 is 4.84 Å². The van der Waals surface area contributed by atoms with Gasteiger partial charge in [0.2, 0.25) is 0 Å². The third-order valence-corrected chi connectivity index (χ3v) is 5.36. The number of fused-ring (bicyclic) bond motifs is 1. The molecule has 0 aliphatic heterocycles. The number of hydrogen-bond acceptors (Lipinski definition) is 2. The molecule has 3 heteroatoms. The van der Waals surface area contributed by atoms with E-state index in [1.807, 2.05) is 103 Å². The lowest BCUT2D eigenvalue weighted by Gasteiger charge is -2.20. The van der Waals surface area contributed by atoms with Gasteiger partial charge in [0.15, 0.2) is 0 Å². The van der Waals surface area contributed by atoms with Crippen LogP contribution in [0.1, 0.15) is 5.56 Å². The second-order valence-corrected chi connectivity index (χ2v) is 7.36. The Bertz CT molecular complexity index is 1380. The van der Waals surface area contributed by atoms with Gasteiger partial charge >= 0.3 is 0 Å². The molecule has 0 bridgehead atoms. The smallest absolute Gasteiger partial charge is 0.291 e. The molecule has 5 rings (SSSR count). The summed E-state index contributed by atoms with van der Waals surface area (Å²) in [4.78, 5) is 19.7. The average Bonchev–Trinajstić information content (AvgIpc) is 2.85. The average molecular weight is 403 g/mol. The fourth-order valence-electron chi connectivity index (χ4n) is 3.92. The largest absolute Gasteiger partial charge is 0.405 e. The number of hydrogen-bond donors (Lipinski definition) is 0. The molecule has 0 saturated carbocycles. The van der Waals surface area contributed by atoms with Crippen LogP contribution in [0.15, 0.2) is 120 Å². The summed E-state index contributed by atoms with van der Waals surface area (Å²) in [5, 5.41) is 1.55. The topological polar surface area (TPSA) is 31.2 Å². The van der Waals surface area contributed by atoms with Crippen LogP contribution in [-0.2, 0) is 6.61 Å². The van der Waals surface area contributed by atoms with Crippen LogP contribution in [-0.4, -0.2) is 4.73 Å². The van der Waals surface area contributed by atoms with Crippen LogP contribution in [0.5, 0.6) is 0 Å². The highest BCUT2D eigenvalue weighted by atomic mass is 16.7. The van der Waals surface area contributed by atoms with Crippen molar-refractivity contribution in [1.82, 2.24) is 4.73 Å². The lowest BCUT2D eigenvalue weighted by Crippen LogP contribution is -2.29.